The largest absolute Gasteiger partial charge is 0.206 e. The van der Waals surface area contributed by atoms with Crippen molar-refractivity contribution in [2.75, 3.05) is 0 Å². The first-order chi connectivity index (χ1) is 7.99. The van der Waals surface area contributed by atoms with Crippen LogP contribution in [-0.4, -0.2) is 0 Å². The fourth-order valence-electron chi connectivity index (χ4n) is 1.49. The summed E-state index contributed by atoms with van der Waals surface area (Å²) in [6.45, 7) is 0. The third-order valence-electron chi connectivity index (χ3n) is 2.21. The van der Waals surface area contributed by atoms with E-state index in [0.29, 0.717) is 9.50 Å². The maximum Gasteiger partial charge on any atom is 0.135 e. The first-order valence-corrected chi connectivity index (χ1v) is 6.14. The Labute approximate surface area is 115 Å². The van der Waals surface area contributed by atoms with Crippen LogP contribution in [0.1, 0.15) is 0 Å². The van der Waals surface area contributed by atoms with E-state index in [0.717, 1.165) is 0 Å². The highest BCUT2D eigenvalue weighted by molar-refractivity contribution is 9.10. The molecule has 0 atom stereocenters. The number of rotatable bonds is 1. The maximum atomic E-state index is 13.7. The van der Waals surface area contributed by atoms with Crippen molar-refractivity contribution in [3.05, 3.63) is 56.5 Å². The molecule has 2 rings (SSSR count). The second-order valence-electron chi connectivity index (χ2n) is 3.37. The van der Waals surface area contributed by atoms with Gasteiger partial charge in [-0.3, -0.25) is 0 Å². The Kier molecular flexibility index (Phi) is 3.71. The molecule has 2 aromatic rings. The quantitative estimate of drug-likeness (QED) is 0.626. The van der Waals surface area contributed by atoms with E-state index in [4.69, 9.17) is 23.2 Å². The summed E-state index contributed by atoms with van der Waals surface area (Å²) in [7, 11) is 0. The first-order valence-electron chi connectivity index (χ1n) is 4.59. The van der Waals surface area contributed by atoms with Crippen LogP contribution in [0, 0.1) is 11.6 Å². The number of halogens is 5. The van der Waals surface area contributed by atoms with Crippen molar-refractivity contribution in [3.8, 4) is 11.1 Å². The molecule has 0 amide bonds. The summed E-state index contributed by atoms with van der Waals surface area (Å²) >= 11 is 14.7. The summed E-state index contributed by atoms with van der Waals surface area (Å²) in [4.78, 5) is 0. The molecule has 0 N–H and O–H groups in total. The number of benzene rings is 2. The Morgan fingerprint density at radius 1 is 0.941 bits per heavy atom. The minimum Gasteiger partial charge on any atom is -0.206 e. The minimum atomic E-state index is -0.680. The van der Waals surface area contributed by atoms with Crippen LogP contribution in [0.15, 0.2) is 34.8 Å². The van der Waals surface area contributed by atoms with E-state index in [1.807, 2.05) is 0 Å². The smallest absolute Gasteiger partial charge is 0.135 e. The van der Waals surface area contributed by atoms with Gasteiger partial charge in [-0.1, -0.05) is 45.2 Å². The third-order valence-corrected chi connectivity index (χ3v) is 3.21. The van der Waals surface area contributed by atoms with Crippen LogP contribution in [0.5, 0.6) is 0 Å². The Morgan fingerprint density at radius 3 is 2.06 bits per heavy atom. The van der Waals surface area contributed by atoms with Gasteiger partial charge in [0.25, 0.3) is 0 Å². The molecule has 0 fully saturated rings. The predicted octanol–water partition coefficient (Wildman–Crippen LogP) is 5.70. The van der Waals surface area contributed by atoms with Crippen LogP contribution in [-0.2, 0) is 0 Å². The van der Waals surface area contributed by atoms with Crippen LogP contribution in [0.3, 0.4) is 0 Å². The van der Waals surface area contributed by atoms with Crippen LogP contribution < -0.4 is 0 Å². The van der Waals surface area contributed by atoms with Gasteiger partial charge in [-0.25, -0.2) is 8.78 Å². The van der Waals surface area contributed by atoms with Crippen molar-refractivity contribution in [2.45, 2.75) is 0 Å². The fraction of sp³-hybridized carbons (Fsp3) is 0. The molecule has 0 aliphatic carbocycles. The van der Waals surface area contributed by atoms with Gasteiger partial charge in [0.2, 0.25) is 0 Å². The van der Waals surface area contributed by atoms with E-state index >= 15 is 0 Å². The Hall–Kier alpha value is -0.640. The fourth-order valence-corrected chi connectivity index (χ4v) is 2.40. The summed E-state index contributed by atoms with van der Waals surface area (Å²) in [5.74, 6) is -1.36. The van der Waals surface area contributed by atoms with E-state index < -0.39 is 11.6 Å². The second-order valence-corrected chi connectivity index (χ2v) is 5.13. The molecular formula is C12H5BrCl2F2. The van der Waals surface area contributed by atoms with Crippen molar-refractivity contribution in [1.29, 1.82) is 0 Å². The molecule has 17 heavy (non-hydrogen) atoms. The van der Waals surface area contributed by atoms with Gasteiger partial charge >= 0.3 is 0 Å². The van der Waals surface area contributed by atoms with E-state index in [1.54, 1.807) is 0 Å². The molecule has 0 aliphatic rings. The molecule has 0 saturated heterocycles. The lowest BCUT2D eigenvalue weighted by Crippen LogP contribution is -1.91. The lowest BCUT2D eigenvalue weighted by atomic mass is 10.0. The minimum absolute atomic E-state index is 0.158. The van der Waals surface area contributed by atoms with Gasteiger partial charge in [-0.15, -0.1) is 0 Å². The zero-order valence-corrected chi connectivity index (χ0v) is 11.4. The van der Waals surface area contributed by atoms with E-state index in [2.05, 4.69) is 15.9 Å². The van der Waals surface area contributed by atoms with Gasteiger partial charge in [-0.2, -0.15) is 0 Å². The van der Waals surface area contributed by atoms with Crippen LogP contribution >= 0.6 is 39.1 Å². The SMILES string of the molecule is Fc1cc(Br)cc(F)c1-c1ccc(Cl)cc1Cl. The molecular weight excluding hydrogens is 333 g/mol. The number of hydrogen-bond donors (Lipinski definition) is 0. The topological polar surface area (TPSA) is 0 Å². The first kappa shape index (κ1) is 12.8. The lowest BCUT2D eigenvalue weighted by molar-refractivity contribution is 0.588. The van der Waals surface area contributed by atoms with E-state index in [1.165, 1.54) is 30.3 Å². The monoisotopic (exact) mass is 336 g/mol. The standard InChI is InChI=1S/C12H5BrCl2F2/c13-6-3-10(16)12(11(17)4-6)8-2-1-7(14)5-9(8)15/h1-5H. The molecule has 0 saturated carbocycles. The zero-order valence-electron chi connectivity index (χ0n) is 8.28. The third kappa shape index (κ3) is 2.62. The van der Waals surface area contributed by atoms with Gasteiger partial charge in [-0.05, 0) is 24.3 Å². The average molecular weight is 338 g/mol. The Balaban J connectivity index is 2.68. The molecule has 0 aliphatic heterocycles. The summed E-state index contributed by atoms with van der Waals surface area (Å²) < 4.78 is 27.8. The van der Waals surface area contributed by atoms with Crippen LogP contribution in [0.2, 0.25) is 10.0 Å². The molecule has 2 aromatic carbocycles. The highest BCUT2D eigenvalue weighted by Crippen LogP contribution is 2.35. The molecule has 0 bridgehead atoms. The number of hydrogen-bond acceptors (Lipinski definition) is 0. The molecule has 0 nitrogen and oxygen atoms in total. The van der Waals surface area contributed by atoms with Crippen molar-refractivity contribution in [2.24, 2.45) is 0 Å². The molecule has 5 heteroatoms. The summed E-state index contributed by atoms with van der Waals surface area (Å²) in [6.07, 6.45) is 0. The second kappa shape index (κ2) is 4.92. The van der Waals surface area contributed by atoms with Gasteiger partial charge in [0.05, 0.1) is 10.6 Å². The predicted molar refractivity (Wildman–Crippen MR) is 69.5 cm³/mol. The summed E-state index contributed by atoms with van der Waals surface area (Å²) in [6, 6.07) is 6.83. The normalized spacial score (nSPS) is 10.6. The molecule has 0 aromatic heterocycles. The van der Waals surface area contributed by atoms with Crippen LogP contribution in [0.4, 0.5) is 8.78 Å². The summed E-state index contributed by atoms with van der Waals surface area (Å²) in [5.41, 5.74) is 0.119. The molecule has 88 valence electrons. The zero-order chi connectivity index (χ0) is 12.6. The maximum absolute atomic E-state index is 13.7. The molecule has 0 unspecified atom stereocenters. The average Bonchev–Trinajstić information content (AvgIpc) is 2.19. The molecule has 0 radical (unpaired) electrons. The van der Waals surface area contributed by atoms with Gasteiger partial charge < -0.3 is 0 Å². The van der Waals surface area contributed by atoms with E-state index in [-0.39, 0.29) is 16.1 Å². The van der Waals surface area contributed by atoms with Gasteiger partial charge in [0.1, 0.15) is 11.6 Å². The lowest BCUT2D eigenvalue weighted by Gasteiger charge is -2.08. The van der Waals surface area contributed by atoms with E-state index in [9.17, 15) is 8.78 Å². The van der Waals surface area contributed by atoms with Crippen molar-refractivity contribution >= 4 is 39.1 Å². The Morgan fingerprint density at radius 2 is 1.53 bits per heavy atom. The van der Waals surface area contributed by atoms with Gasteiger partial charge in [0.15, 0.2) is 0 Å². The van der Waals surface area contributed by atoms with Gasteiger partial charge in [0, 0.05) is 15.1 Å². The highest BCUT2D eigenvalue weighted by atomic mass is 79.9. The molecule has 0 spiro atoms. The van der Waals surface area contributed by atoms with Crippen molar-refractivity contribution in [3.63, 3.8) is 0 Å². The summed E-state index contributed by atoms with van der Waals surface area (Å²) in [5, 5.41) is 0.620. The van der Waals surface area contributed by atoms with Crippen LogP contribution in [0.25, 0.3) is 11.1 Å². The highest BCUT2D eigenvalue weighted by Gasteiger charge is 2.15. The van der Waals surface area contributed by atoms with Crippen molar-refractivity contribution in [1.82, 2.24) is 0 Å². The Bertz CT molecular complexity index is 562. The molecule has 0 heterocycles. The van der Waals surface area contributed by atoms with Crippen molar-refractivity contribution < 1.29 is 8.78 Å².